The molecule has 4 nitrogen and oxygen atoms in total. The summed E-state index contributed by atoms with van der Waals surface area (Å²) >= 11 is 6.04. The zero-order valence-corrected chi connectivity index (χ0v) is 11.8. The van der Waals surface area contributed by atoms with Gasteiger partial charge < -0.3 is 15.4 Å². The van der Waals surface area contributed by atoms with E-state index in [2.05, 4.69) is 10.6 Å². The largest absolute Gasteiger partial charge is 0.497 e. The molecule has 1 aromatic carbocycles. The maximum Gasteiger partial charge on any atom is 0.224 e. The molecule has 0 radical (unpaired) electrons. The van der Waals surface area contributed by atoms with Crippen molar-refractivity contribution in [3.05, 3.63) is 23.2 Å². The Hall–Kier alpha value is -1.26. The molecule has 0 bridgehead atoms. The predicted octanol–water partition coefficient (Wildman–Crippen LogP) is 2.68. The summed E-state index contributed by atoms with van der Waals surface area (Å²) in [6.07, 6.45) is 2.60. The number of amides is 1. The van der Waals surface area contributed by atoms with Gasteiger partial charge in [-0.25, -0.2) is 0 Å². The summed E-state index contributed by atoms with van der Waals surface area (Å²) in [5.74, 6) is 1.30. The lowest BCUT2D eigenvalue weighted by Gasteiger charge is -2.10. The van der Waals surface area contributed by atoms with E-state index in [1.807, 2.05) is 0 Å². The Kier molecular flexibility index (Phi) is 5.05. The summed E-state index contributed by atoms with van der Waals surface area (Å²) in [6, 6.07) is 5.22. The molecule has 0 aliphatic carbocycles. The Morgan fingerprint density at radius 3 is 3.11 bits per heavy atom. The van der Waals surface area contributed by atoms with E-state index in [4.69, 9.17) is 16.3 Å². The lowest BCUT2D eigenvalue weighted by molar-refractivity contribution is -0.116. The van der Waals surface area contributed by atoms with Crippen molar-refractivity contribution in [2.75, 3.05) is 25.5 Å². The highest BCUT2D eigenvalue weighted by atomic mass is 35.5. The van der Waals surface area contributed by atoms with Crippen molar-refractivity contribution in [3.63, 3.8) is 0 Å². The van der Waals surface area contributed by atoms with Gasteiger partial charge in [0.05, 0.1) is 17.8 Å². The average Bonchev–Trinajstić information content (AvgIpc) is 2.92. The maximum atomic E-state index is 11.9. The van der Waals surface area contributed by atoms with Crippen molar-refractivity contribution in [2.45, 2.75) is 19.3 Å². The van der Waals surface area contributed by atoms with Crippen LogP contribution < -0.4 is 15.4 Å². The van der Waals surface area contributed by atoms with Gasteiger partial charge in [-0.1, -0.05) is 11.6 Å². The molecule has 1 aromatic rings. The van der Waals surface area contributed by atoms with Crippen molar-refractivity contribution < 1.29 is 9.53 Å². The Morgan fingerprint density at radius 2 is 2.42 bits per heavy atom. The summed E-state index contributed by atoms with van der Waals surface area (Å²) < 4.78 is 5.11. The Balaban J connectivity index is 1.87. The molecule has 0 aromatic heterocycles. The van der Waals surface area contributed by atoms with E-state index in [9.17, 15) is 4.79 Å². The average molecular weight is 283 g/mol. The fraction of sp³-hybridized carbons (Fsp3) is 0.500. The van der Waals surface area contributed by atoms with Crippen molar-refractivity contribution in [3.8, 4) is 5.75 Å². The number of carbonyl (C=O) groups excluding carboxylic acids is 1. The number of halogens is 1. The number of methoxy groups -OCH3 is 1. The minimum atomic E-state index is 0.00190. The number of hydrogen-bond acceptors (Lipinski definition) is 3. The minimum absolute atomic E-state index is 0.00190. The number of anilines is 1. The highest BCUT2D eigenvalue weighted by Gasteiger charge is 2.16. The summed E-state index contributed by atoms with van der Waals surface area (Å²) in [5, 5.41) is 6.66. The van der Waals surface area contributed by atoms with Gasteiger partial charge >= 0.3 is 0 Å². The molecule has 1 aliphatic heterocycles. The van der Waals surface area contributed by atoms with Gasteiger partial charge in [-0.05, 0) is 44.0 Å². The van der Waals surface area contributed by atoms with E-state index >= 15 is 0 Å². The van der Waals surface area contributed by atoms with E-state index in [0.717, 1.165) is 25.9 Å². The van der Waals surface area contributed by atoms with Crippen LogP contribution in [0.2, 0.25) is 5.02 Å². The van der Waals surface area contributed by atoms with Gasteiger partial charge in [0, 0.05) is 12.5 Å². The van der Waals surface area contributed by atoms with Crippen LogP contribution in [0.15, 0.2) is 18.2 Å². The molecule has 104 valence electrons. The summed E-state index contributed by atoms with van der Waals surface area (Å²) in [5.41, 5.74) is 0.607. The van der Waals surface area contributed by atoms with Crippen LogP contribution in [0.25, 0.3) is 0 Å². The molecule has 1 aliphatic rings. The molecule has 1 amide bonds. The monoisotopic (exact) mass is 282 g/mol. The van der Waals surface area contributed by atoms with Crippen LogP contribution in [0, 0.1) is 5.92 Å². The van der Waals surface area contributed by atoms with Crippen LogP contribution in [0.3, 0.4) is 0 Å². The summed E-state index contributed by atoms with van der Waals surface area (Å²) in [4.78, 5) is 11.9. The van der Waals surface area contributed by atoms with Crippen molar-refractivity contribution in [1.82, 2.24) is 5.32 Å². The lowest BCUT2D eigenvalue weighted by Crippen LogP contribution is -2.15. The van der Waals surface area contributed by atoms with E-state index in [1.54, 1.807) is 25.3 Å². The maximum absolute atomic E-state index is 11.9. The van der Waals surface area contributed by atoms with Crippen LogP contribution in [-0.4, -0.2) is 26.1 Å². The number of benzene rings is 1. The molecule has 2 rings (SSSR count). The highest BCUT2D eigenvalue weighted by molar-refractivity contribution is 6.33. The van der Waals surface area contributed by atoms with Crippen LogP contribution in [0.4, 0.5) is 5.69 Å². The van der Waals surface area contributed by atoms with Gasteiger partial charge in [0.25, 0.3) is 0 Å². The molecule has 0 spiro atoms. The van der Waals surface area contributed by atoms with E-state index in [1.165, 1.54) is 0 Å². The molecule has 1 saturated heterocycles. The van der Waals surface area contributed by atoms with Crippen LogP contribution in [0.5, 0.6) is 5.75 Å². The smallest absolute Gasteiger partial charge is 0.224 e. The predicted molar refractivity (Wildman–Crippen MR) is 76.8 cm³/mol. The lowest BCUT2D eigenvalue weighted by atomic mass is 10.0. The van der Waals surface area contributed by atoms with Gasteiger partial charge in [-0.2, -0.15) is 0 Å². The van der Waals surface area contributed by atoms with E-state index in [-0.39, 0.29) is 5.91 Å². The standard InChI is InChI=1S/C14H19ClN2O2/c1-19-11-3-4-12(15)13(8-11)17-14(18)5-2-10-6-7-16-9-10/h3-4,8,10,16H,2,5-7,9H2,1H3,(H,17,18). The number of nitrogens with one attached hydrogen (secondary N) is 2. The highest BCUT2D eigenvalue weighted by Crippen LogP contribution is 2.27. The number of ether oxygens (including phenoxy) is 1. The third-order valence-electron chi connectivity index (χ3n) is 3.39. The van der Waals surface area contributed by atoms with Crippen molar-refractivity contribution >= 4 is 23.2 Å². The van der Waals surface area contributed by atoms with Gasteiger partial charge in [0.15, 0.2) is 0 Å². The van der Waals surface area contributed by atoms with Crippen LogP contribution >= 0.6 is 11.6 Å². The molecule has 0 saturated carbocycles. The summed E-state index contributed by atoms with van der Waals surface area (Å²) in [6.45, 7) is 2.08. The van der Waals surface area contributed by atoms with Gasteiger partial charge in [-0.3, -0.25) is 4.79 Å². The quantitative estimate of drug-likeness (QED) is 0.873. The van der Waals surface area contributed by atoms with E-state index in [0.29, 0.717) is 28.8 Å². The van der Waals surface area contributed by atoms with E-state index < -0.39 is 0 Å². The third-order valence-corrected chi connectivity index (χ3v) is 3.72. The van der Waals surface area contributed by atoms with Gasteiger partial charge in [0.1, 0.15) is 5.75 Å². The molecule has 5 heteroatoms. The van der Waals surface area contributed by atoms with Gasteiger partial charge in [0.2, 0.25) is 5.91 Å². The second-order valence-corrected chi connectivity index (χ2v) is 5.20. The van der Waals surface area contributed by atoms with Crippen LogP contribution in [-0.2, 0) is 4.79 Å². The minimum Gasteiger partial charge on any atom is -0.497 e. The number of carbonyl (C=O) groups is 1. The zero-order chi connectivity index (χ0) is 13.7. The molecular formula is C14H19ClN2O2. The molecule has 1 heterocycles. The topological polar surface area (TPSA) is 50.4 Å². The second kappa shape index (κ2) is 6.78. The van der Waals surface area contributed by atoms with Crippen molar-refractivity contribution in [1.29, 1.82) is 0 Å². The van der Waals surface area contributed by atoms with Crippen LogP contribution in [0.1, 0.15) is 19.3 Å². The zero-order valence-electron chi connectivity index (χ0n) is 11.0. The summed E-state index contributed by atoms with van der Waals surface area (Å²) in [7, 11) is 1.59. The molecule has 1 unspecified atom stereocenters. The molecule has 1 fully saturated rings. The van der Waals surface area contributed by atoms with Gasteiger partial charge in [-0.15, -0.1) is 0 Å². The molecular weight excluding hydrogens is 264 g/mol. The fourth-order valence-corrected chi connectivity index (χ4v) is 2.40. The molecule has 1 atom stereocenters. The first kappa shape index (κ1) is 14.2. The first-order valence-electron chi connectivity index (χ1n) is 6.53. The molecule has 2 N–H and O–H groups in total. The SMILES string of the molecule is COc1ccc(Cl)c(NC(=O)CCC2CCNC2)c1. The Bertz CT molecular complexity index is 445. The number of hydrogen-bond donors (Lipinski definition) is 2. The van der Waals surface area contributed by atoms with Crippen molar-refractivity contribution in [2.24, 2.45) is 5.92 Å². The third kappa shape index (κ3) is 4.11. The normalized spacial score (nSPS) is 18.3. The first-order valence-corrected chi connectivity index (χ1v) is 6.91. The Labute approximate surface area is 118 Å². The Morgan fingerprint density at radius 1 is 1.58 bits per heavy atom. The fourth-order valence-electron chi connectivity index (χ4n) is 2.24. The number of rotatable bonds is 5. The second-order valence-electron chi connectivity index (χ2n) is 4.79. The molecule has 19 heavy (non-hydrogen) atoms. The first-order chi connectivity index (χ1) is 9.19.